The summed E-state index contributed by atoms with van der Waals surface area (Å²) in [4.78, 5) is 16.2. The molecule has 0 aliphatic rings. The van der Waals surface area contributed by atoms with E-state index < -0.39 is 0 Å². The normalized spacial score (nSPS) is 9.32. The van der Waals surface area contributed by atoms with Gasteiger partial charge in [0.25, 0.3) is 0 Å². The molecule has 0 radical (unpaired) electrons. The second-order valence-electron chi connectivity index (χ2n) is 5.04. The van der Waals surface area contributed by atoms with E-state index >= 15 is 0 Å². The summed E-state index contributed by atoms with van der Waals surface area (Å²) in [5, 5.41) is 8.94. The summed E-state index contributed by atoms with van der Waals surface area (Å²) in [5.74, 6) is 5.14. The first-order valence-corrected chi connectivity index (χ1v) is 7.45. The number of nitrogens with two attached hydrogens (primary N) is 1. The first kappa shape index (κ1) is 20.4. The van der Waals surface area contributed by atoms with Crippen LogP contribution < -0.4 is 5.90 Å². The predicted molar refractivity (Wildman–Crippen MR) is 101 cm³/mol. The summed E-state index contributed by atoms with van der Waals surface area (Å²) < 4.78 is 0. The third-order valence-electron chi connectivity index (χ3n) is 3.23. The van der Waals surface area contributed by atoms with Gasteiger partial charge in [-0.3, -0.25) is 9.63 Å². The summed E-state index contributed by atoms with van der Waals surface area (Å²) in [6.45, 7) is 0.328. The third-order valence-corrected chi connectivity index (χ3v) is 3.23. The van der Waals surface area contributed by atoms with E-state index in [4.69, 9.17) is 11.0 Å². The first-order chi connectivity index (χ1) is 11.7. The maximum absolute atomic E-state index is 11.8. The zero-order chi connectivity index (χ0) is 17.2. The number of hydrogen-bond donors (Lipinski definition) is 2. The van der Waals surface area contributed by atoms with Gasteiger partial charge in [0.05, 0.1) is 6.61 Å². The number of hydrogen-bond acceptors (Lipinski definition) is 4. The van der Waals surface area contributed by atoms with Crippen molar-refractivity contribution in [3.63, 3.8) is 0 Å². The highest BCUT2D eigenvalue weighted by Gasteiger charge is 2.06. The van der Waals surface area contributed by atoms with E-state index in [0.717, 1.165) is 16.7 Å². The average molecular weight is 358 g/mol. The number of rotatable bonds is 4. The van der Waals surface area contributed by atoms with Gasteiger partial charge in [-0.25, -0.2) is 5.90 Å². The number of carbonyl (C=O) groups excluding carboxylic acids is 1. The minimum absolute atomic E-state index is 0. The number of benzene rings is 3. The van der Waals surface area contributed by atoms with E-state index in [9.17, 15) is 4.79 Å². The minimum Gasteiger partial charge on any atom is -0.508 e. The Balaban J connectivity index is 0.000000254. The van der Waals surface area contributed by atoms with E-state index in [1.165, 1.54) is 0 Å². The quantitative estimate of drug-likeness (QED) is 0.544. The molecule has 0 unspecified atom stereocenters. The molecular formula is C20H20ClNO3. The third kappa shape index (κ3) is 6.77. The van der Waals surface area contributed by atoms with Crippen LogP contribution in [-0.4, -0.2) is 10.9 Å². The van der Waals surface area contributed by atoms with Crippen molar-refractivity contribution in [2.75, 3.05) is 0 Å². The number of phenols is 1. The number of ketones is 1. The first-order valence-electron chi connectivity index (χ1n) is 7.45. The van der Waals surface area contributed by atoms with E-state index in [1.54, 1.807) is 18.2 Å². The molecule has 0 amide bonds. The number of phenolic OH excluding ortho intramolecular Hbond substituents is 1. The van der Waals surface area contributed by atoms with Crippen molar-refractivity contribution in [3.05, 3.63) is 102 Å². The molecule has 3 aromatic rings. The molecule has 4 nitrogen and oxygen atoms in total. The summed E-state index contributed by atoms with van der Waals surface area (Å²) in [6.07, 6.45) is 0. The van der Waals surface area contributed by atoms with Crippen LogP contribution in [0.3, 0.4) is 0 Å². The number of halogens is 1. The second kappa shape index (κ2) is 11.0. The molecule has 0 fully saturated rings. The maximum atomic E-state index is 11.8. The Morgan fingerprint density at radius 2 is 1.36 bits per heavy atom. The van der Waals surface area contributed by atoms with Crippen LogP contribution in [0.15, 0.2) is 84.9 Å². The Bertz CT molecular complexity index is 723. The number of carbonyl (C=O) groups is 1. The summed E-state index contributed by atoms with van der Waals surface area (Å²) in [7, 11) is 0. The molecule has 0 saturated heterocycles. The Labute approximate surface area is 153 Å². The molecule has 3 rings (SSSR count). The molecule has 0 aliphatic heterocycles. The summed E-state index contributed by atoms with van der Waals surface area (Å²) in [5.41, 5.74) is 2.33. The smallest absolute Gasteiger partial charge is 0.193 e. The molecular weight excluding hydrogens is 338 g/mol. The highest BCUT2D eigenvalue weighted by Crippen LogP contribution is 2.10. The van der Waals surface area contributed by atoms with Crippen LogP contribution in [0, 0.1) is 0 Å². The van der Waals surface area contributed by atoms with Crippen molar-refractivity contribution >= 4 is 18.2 Å². The van der Waals surface area contributed by atoms with E-state index in [2.05, 4.69) is 4.84 Å². The van der Waals surface area contributed by atoms with Gasteiger partial charge in [0, 0.05) is 11.1 Å². The van der Waals surface area contributed by atoms with Gasteiger partial charge in [-0.1, -0.05) is 72.8 Å². The predicted octanol–water partition coefficient (Wildman–Crippen LogP) is 4.12. The summed E-state index contributed by atoms with van der Waals surface area (Å²) in [6, 6.07) is 25.4. The van der Waals surface area contributed by atoms with Crippen molar-refractivity contribution in [1.29, 1.82) is 0 Å². The highest BCUT2D eigenvalue weighted by molar-refractivity contribution is 6.08. The zero-order valence-electron chi connectivity index (χ0n) is 13.5. The van der Waals surface area contributed by atoms with Crippen LogP contribution in [0.1, 0.15) is 21.5 Å². The van der Waals surface area contributed by atoms with Crippen LogP contribution in [0.5, 0.6) is 5.75 Å². The van der Waals surface area contributed by atoms with Crippen molar-refractivity contribution in [2.24, 2.45) is 5.90 Å². The van der Waals surface area contributed by atoms with Gasteiger partial charge in [0.15, 0.2) is 5.78 Å². The lowest BCUT2D eigenvalue weighted by molar-refractivity contribution is 0.103. The lowest BCUT2D eigenvalue weighted by Crippen LogP contribution is -1.99. The van der Waals surface area contributed by atoms with Crippen LogP contribution in [0.4, 0.5) is 0 Å². The highest BCUT2D eigenvalue weighted by atomic mass is 35.5. The molecule has 0 atom stereocenters. The molecule has 130 valence electrons. The standard InChI is InChI=1S/C13H10O.C7H9NO2.ClH/c14-13(11-7-3-1-4-8-11)12-9-5-2-6-10-12;8-10-5-6-2-1-3-7(9)4-6;/h1-10H;1-4,9H,5,8H2;1H. The molecule has 0 heterocycles. The van der Waals surface area contributed by atoms with Crippen molar-refractivity contribution in [2.45, 2.75) is 6.61 Å². The monoisotopic (exact) mass is 357 g/mol. The topological polar surface area (TPSA) is 72.6 Å². The van der Waals surface area contributed by atoms with Gasteiger partial charge >= 0.3 is 0 Å². The van der Waals surface area contributed by atoms with Crippen molar-refractivity contribution in [1.82, 2.24) is 0 Å². The molecule has 25 heavy (non-hydrogen) atoms. The minimum atomic E-state index is 0. The molecule has 3 aromatic carbocycles. The van der Waals surface area contributed by atoms with Crippen LogP contribution in [0.2, 0.25) is 0 Å². The lowest BCUT2D eigenvalue weighted by atomic mass is 10.0. The molecule has 0 spiro atoms. The Kier molecular flexibility index (Phi) is 8.96. The molecule has 5 heteroatoms. The van der Waals surface area contributed by atoms with Crippen molar-refractivity contribution < 1.29 is 14.7 Å². The van der Waals surface area contributed by atoms with Gasteiger partial charge in [-0.2, -0.15) is 0 Å². The van der Waals surface area contributed by atoms with Crippen LogP contribution in [-0.2, 0) is 11.4 Å². The Morgan fingerprint density at radius 1 is 0.840 bits per heavy atom. The fraction of sp³-hybridized carbons (Fsp3) is 0.0500. The molecule has 0 bridgehead atoms. The Hall–Kier alpha value is -2.66. The maximum Gasteiger partial charge on any atom is 0.193 e. The molecule has 0 aliphatic carbocycles. The van der Waals surface area contributed by atoms with E-state index in [0.29, 0.717) is 6.61 Å². The molecule has 0 aromatic heterocycles. The Morgan fingerprint density at radius 3 is 1.80 bits per heavy atom. The largest absolute Gasteiger partial charge is 0.508 e. The molecule has 3 N–H and O–H groups in total. The SMILES string of the molecule is Cl.NOCc1cccc(O)c1.O=C(c1ccccc1)c1ccccc1. The van der Waals surface area contributed by atoms with Gasteiger partial charge in [-0.15, -0.1) is 12.4 Å². The molecule has 0 saturated carbocycles. The second-order valence-corrected chi connectivity index (χ2v) is 5.04. The van der Waals surface area contributed by atoms with Gasteiger partial charge in [0.2, 0.25) is 0 Å². The van der Waals surface area contributed by atoms with Gasteiger partial charge < -0.3 is 5.11 Å². The number of aromatic hydroxyl groups is 1. The van der Waals surface area contributed by atoms with E-state index in [1.807, 2.05) is 66.7 Å². The fourth-order valence-electron chi connectivity index (χ4n) is 2.09. The average Bonchev–Trinajstić information content (AvgIpc) is 2.63. The van der Waals surface area contributed by atoms with Gasteiger partial charge in [0.1, 0.15) is 5.75 Å². The lowest BCUT2D eigenvalue weighted by Gasteiger charge is -1.99. The van der Waals surface area contributed by atoms with Gasteiger partial charge in [-0.05, 0) is 17.7 Å². The van der Waals surface area contributed by atoms with Crippen LogP contribution in [0.25, 0.3) is 0 Å². The van der Waals surface area contributed by atoms with E-state index in [-0.39, 0.29) is 23.9 Å². The zero-order valence-corrected chi connectivity index (χ0v) is 14.4. The van der Waals surface area contributed by atoms with Crippen LogP contribution >= 0.6 is 12.4 Å². The summed E-state index contributed by atoms with van der Waals surface area (Å²) >= 11 is 0. The van der Waals surface area contributed by atoms with Crippen molar-refractivity contribution in [3.8, 4) is 5.75 Å². The fourth-order valence-corrected chi connectivity index (χ4v) is 2.09.